The molecule has 0 spiro atoms. The highest BCUT2D eigenvalue weighted by atomic mass is 79.9. The number of benzene rings is 1. The Morgan fingerprint density at radius 1 is 1.42 bits per heavy atom. The molecule has 1 unspecified atom stereocenters. The molecule has 19 heavy (non-hydrogen) atoms. The highest BCUT2D eigenvalue weighted by Gasteiger charge is 2.09. The molecule has 0 bridgehead atoms. The quantitative estimate of drug-likeness (QED) is 0.844. The number of amides is 1. The number of aryl methyl sites for hydroxylation is 2. The van der Waals surface area contributed by atoms with Crippen molar-refractivity contribution in [1.82, 2.24) is 5.32 Å². The minimum absolute atomic E-state index is 0.0156. The molecule has 1 amide bonds. The van der Waals surface area contributed by atoms with Gasteiger partial charge in [-0.15, -0.1) is 0 Å². The van der Waals surface area contributed by atoms with E-state index in [1.807, 2.05) is 26.8 Å². The molecule has 0 saturated heterocycles. The molecule has 1 aromatic carbocycles. The van der Waals surface area contributed by atoms with Gasteiger partial charge in [0.2, 0.25) is 5.91 Å². The Hall–Kier alpha value is -1.07. The van der Waals surface area contributed by atoms with Gasteiger partial charge in [-0.1, -0.05) is 6.07 Å². The number of anilines is 1. The van der Waals surface area contributed by atoms with Crippen LogP contribution in [0.5, 0.6) is 0 Å². The van der Waals surface area contributed by atoms with Crippen LogP contribution in [0, 0.1) is 13.8 Å². The maximum atomic E-state index is 11.7. The third-order valence-electron chi connectivity index (χ3n) is 2.68. The van der Waals surface area contributed by atoms with Gasteiger partial charge in [0.1, 0.15) is 0 Å². The van der Waals surface area contributed by atoms with Crippen molar-refractivity contribution in [2.24, 2.45) is 0 Å². The summed E-state index contributed by atoms with van der Waals surface area (Å²) >= 11 is 3.51. The van der Waals surface area contributed by atoms with Gasteiger partial charge in [-0.25, -0.2) is 0 Å². The number of carbonyl (C=O) groups excluding carboxylic acids is 1. The number of hydrogen-bond donors (Lipinski definition) is 2. The molecule has 5 heteroatoms. The summed E-state index contributed by atoms with van der Waals surface area (Å²) in [5.74, 6) is -0.0450. The number of methoxy groups -OCH3 is 1. The molecule has 4 nitrogen and oxygen atoms in total. The number of rotatable bonds is 6. The van der Waals surface area contributed by atoms with E-state index >= 15 is 0 Å². The smallest absolute Gasteiger partial charge is 0.239 e. The van der Waals surface area contributed by atoms with E-state index in [1.165, 1.54) is 5.56 Å². The second kappa shape index (κ2) is 7.50. The average molecular weight is 329 g/mol. The van der Waals surface area contributed by atoms with Gasteiger partial charge in [0.25, 0.3) is 0 Å². The minimum atomic E-state index is -0.0450. The number of hydrogen-bond acceptors (Lipinski definition) is 3. The summed E-state index contributed by atoms with van der Waals surface area (Å²) in [7, 11) is 1.62. The van der Waals surface area contributed by atoms with Crippen molar-refractivity contribution in [2.45, 2.75) is 26.8 Å². The van der Waals surface area contributed by atoms with E-state index in [4.69, 9.17) is 4.74 Å². The van der Waals surface area contributed by atoms with Gasteiger partial charge in [-0.2, -0.15) is 0 Å². The molecular formula is C14H21BrN2O2. The average Bonchev–Trinajstić information content (AvgIpc) is 2.27. The van der Waals surface area contributed by atoms with E-state index in [2.05, 4.69) is 32.6 Å². The summed E-state index contributed by atoms with van der Waals surface area (Å²) in [6, 6.07) is 4.13. The van der Waals surface area contributed by atoms with Crippen molar-refractivity contribution in [3.8, 4) is 0 Å². The zero-order valence-corrected chi connectivity index (χ0v) is 13.4. The van der Waals surface area contributed by atoms with Gasteiger partial charge in [-0.05, 0) is 53.9 Å². The SMILES string of the molecule is COCC(C)NC(=O)CNc1c(C)cc(C)cc1Br. The molecule has 0 aliphatic rings. The highest BCUT2D eigenvalue weighted by Crippen LogP contribution is 2.27. The van der Waals surface area contributed by atoms with Crippen LogP contribution in [0.3, 0.4) is 0 Å². The zero-order valence-electron chi connectivity index (χ0n) is 11.8. The van der Waals surface area contributed by atoms with Crippen LogP contribution in [-0.2, 0) is 9.53 Å². The first-order valence-electron chi connectivity index (χ1n) is 6.23. The Morgan fingerprint density at radius 2 is 2.11 bits per heavy atom. The first-order valence-corrected chi connectivity index (χ1v) is 7.02. The van der Waals surface area contributed by atoms with Crippen LogP contribution in [0.25, 0.3) is 0 Å². The van der Waals surface area contributed by atoms with E-state index in [9.17, 15) is 4.79 Å². The normalized spacial score (nSPS) is 12.1. The summed E-state index contributed by atoms with van der Waals surface area (Å²) < 4.78 is 5.95. The lowest BCUT2D eigenvalue weighted by molar-refractivity contribution is -0.120. The maximum absolute atomic E-state index is 11.7. The van der Waals surface area contributed by atoms with E-state index < -0.39 is 0 Å². The molecule has 0 heterocycles. The van der Waals surface area contributed by atoms with Gasteiger partial charge in [0.05, 0.1) is 18.8 Å². The molecule has 0 aromatic heterocycles. The van der Waals surface area contributed by atoms with Crippen molar-refractivity contribution in [2.75, 3.05) is 25.6 Å². The van der Waals surface area contributed by atoms with E-state index in [-0.39, 0.29) is 18.5 Å². The van der Waals surface area contributed by atoms with Gasteiger partial charge in [-0.3, -0.25) is 4.79 Å². The Morgan fingerprint density at radius 3 is 2.68 bits per heavy atom. The van der Waals surface area contributed by atoms with Crippen molar-refractivity contribution < 1.29 is 9.53 Å². The topological polar surface area (TPSA) is 50.4 Å². The predicted octanol–water partition coefficient (Wildman–Crippen LogP) is 2.63. The summed E-state index contributed by atoms with van der Waals surface area (Å²) in [6.45, 7) is 6.73. The van der Waals surface area contributed by atoms with Crippen molar-refractivity contribution in [1.29, 1.82) is 0 Å². The summed E-state index contributed by atoms with van der Waals surface area (Å²) in [4.78, 5) is 11.7. The van der Waals surface area contributed by atoms with Crippen LogP contribution in [0.4, 0.5) is 5.69 Å². The van der Waals surface area contributed by atoms with E-state index in [0.717, 1.165) is 15.7 Å². The van der Waals surface area contributed by atoms with Crippen LogP contribution in [0.15, 0.2) is 16.6 Å². The van der Waals surface area contributed by atoms with Gasteiger partial charge in [0.15, 0.2) is 0 Å². The molecule has 1 aromatic rings. The second-order valence-corrected chi connectivity index (χ2v) is 5.57. The van der Waals surface area contributed by atoms with Crippen molar-refractivity contribution >= 4 is 27.5 Å². The number of nitrogens with one attached hydrogen (secondary N) is 2. The van der Waals surface area contributed by atoms with Crippen LogP contribution < -0.4 is 10.6 Å². The Bertz CT molecular complexity index is 426. The molecule has 1 atom stereocenters. The van der Waals surface area contributed by atoms with Crippen LogP contribution >= 0.6 is 15.9 Å². The van der Waals surface area contributed by atoms with E-state index in [1.54, 1.807) is 7.11 Å². The van der Waals surface area contributed by atoms with Crippen LogP contribution in [0.2, 0.25) is 0 Å². The number of ether oxygens (including phenoxy) is 1. The summed E-state index contributed by atoms with van der Waals surface area (Å²) in [5.41, 5.74) is 3.26. The van der Waals surface area contributed by atoms with Gasteiger partial charge in [0, 0.05) is 17.6 Å². The molecule has 0 aliphatic carbocycles. The van der Waals surface area contributed by atoms with Crippen molar-refractivity contribution in [3.05, 3.63) is 27.7 Å². The number of halogens is 1. The molecule has 2 N–H and O–H groups in total. The molecule has 0 radical (unpaired) electrons. The third kappa shape index (κ3) is 5.20. The standard InChI is InChI=1S/C14H21BrN2O2/c1-9-5-10(2)14(12(15)6-9)16-7-13(18)17-11(3)8-19-4/h5-6,11,16H,7-8H2,1-4H3,(H,17,18). The monoisotopic (exact) mass is 328 g/mol. The fourth-order valence-corrected chi connectivity index (χ4v) is 2.74. The molecule has 0 aliphatic heterocycles. The fourth-order valence-electron chi connectivity index (χ4n) is 1.93. The largest absolute Gasteiger partial charge is 0.383 e. The van der Waals surface area contributed by atoms with Crippen LogP contribution in [0.1, 0.15) is 18.1 Å². The first-order chi connectivity index (χ1) is 8.93. The minimum Gasteiger partial charge on any atom is -0.383 e. The summed E-state index contributed by atoms with van der Waals surface area (Å²) in [5, 5.41) is 6.02. The lowest BCUT2D eigenvalue weighted by Gasteiger charge is -2.15. The molecule has 106 valence electrons. The Balaban J connectivity index is 2.55. The van der Waals surface area contributed by atoms with Gasteiger partial charge >= 0.3 is 0 Å². The summed E-state index contributed by atoms with van der Waals surface area (Å²) in [6.07, 6.45) is 0. The fraction of sp³-hybridized carbons (Fsp3) is 0.500. The molecular weight excluding hydrogens is 308 g/mol. The lowest BCUT2D eigenvalue weighted by Crippen LogP contribution is -2.39. The Kier molecular flexibility index (Phi) is 6.31. The first kappa shape index (κ1) is 16.0. The third-order valence-corrected chi connectivity index (χ3v) is 3.31. The van der Waals surface area contributed by atoms with Crippen molar-refractivity contribution in [3.63, 3.8) is 0 Å². The predicted molar refractivity (Wildman–Crippen MR) is 81.6 cm³/mol. The molecule has 0 saturated carbocycles. The van der Waals surface area contributed by atoms with Gasteiger partial charge < -0.3 is 15.4 Å². The number of carbonyl (C=O) groups is 1. The van der Waals surface area contributed by atoms with E-state index in [0.29, 0.717) is 6.61 Å². The molecule has 0 fully saturated rings. The second-order valence-electron chi connectivity index (χ2n) is 4.72. The zero-order chi connectivity index (χ0) is 14.4. The highest BCUT2D eigenvalue weighted by molar-refractivity contribution is 9.10. The Labute approximate surface area is 123 Å². The maximum Gasteiger partial charge on any atom is 0.239 e. The molecule has 1 rings (SSSR count). The van der Waals surface area contributed by atoms with Crippen LogP contribution in [-0.4, -0.2) is 32.2 Å². The lowest BCUT2D eigenvalue weighted by atomic mass is 10.1.